The summed E-state index contributed by atoms with van der Waals surface area (Å²) in [6, 6.07) is -0.0937. The van der Waals surface area contributed by atoms with E-state index in [1.165, 1.54) is 4.90 Å². The lowest BCUT2D eigenvalue weighted by molar-refractivity contribution is 0.217. The zero-order valence-electron chi connectivity index (χ0n) is 8.11. The molecule has 0 saturated heterocycles. The Bertz CT molecular complexity index is 292. The standard InChI is InChI=1S/C8H14N4O/c1-11(2)8(13)9-4-7-5-10-12(3)6-7/h5-6H,4H2,1-3H3,(H,9,13). The third kappa shape index (κ3) is 2.77. The Morgan fingerprint density at radius 2 is 2.38 bits per heavy atom. The van der Waals surface area contributed by atoms with Gasteiger partial charge in [-0.05, 0) is 0 Å². The van der Waals surface area contributed by atoms with Crippen LogP contribution in [0.3, 0.4) is 0 Å². The quantitative estimate of drug-likeness (QED) is 0.710. The average molecular weight is 182 g/mol. The van der Waals surface area contributed by atoms with Gasteiger partial charge in [0.25, 0.3) is 0 Å². The Morgan fingerprint density at radius 3 is 2.85 bits per heavy atom. The van der Waals surface area contributed by atoms with Crippen LogP contribution < -0.4 is 5.32 Å². The van der Waals surface area contributed by atoms with Crippen molar-refractivity contribution in [2.45, 2.75) is 6.54 Å². The molecule has 0 spiro atoms. The predicted molar refractivity (Wildman–Crippen MR) is 49.1 cm³/mol. The fourth-order valence-electron chi connectivity index (χ4n) is 0.899. The number of urea groups is 1. The molecule has 5 nitrogen and oxygen atoms in total. The molecule has 0 aliphatic carbocycles. The van der Waals surface area contributed by atoms with Gasteiger partial charge in [-0.3, -0.25) is 4.68 Å². The van der Waals surface area contributed by atoms with Gasteiger partial charge in [0.05, 0.1) is 6.20 Å². The Hall–Kier alpha value is -1.52. The summed E-state index contributed by atoms with van der Waals surface area (Å²) >= 11 is 0. The van der Waals surface area contributed by atoms with Gasteiger partial charge >= 0.3 is 6.03 Å². The largest absolute Gasteiger partial charge is 0.334 e. The minimum Gasteiger partial charge on any atom is -0.334 e. The highest BCUT2D eigenvalue weighted by Gasteiger charge is 2.02. The van der Waals surface area contributed by atoms with Crippen LogP contribution in [-0.4, -0.2) is 34.8 Å². The topological polar surface area (TPSA) is 50.2 Å². The number of nitrogens with zero attached hydrogens (tertiary/aromatic N) is 3. The number of carbonyl (C=O) groups is 1. The van der Waals surface area contributed by atoms with E-state index in [1.54, 1.807) is 25.0 Å². The van der Waals surface area contributed by atoms with Crippen LogP contribution in [0, 0.1) is 0 Å². The van der Waals surface area contributed by atoms with Crippen LogP contribution in [-0.2, 0) is 13.6 Å². The van der Waals surface area contributed by atoms with Gasteiger partial charge in [0.15, 0.2) is 0 Å². The molecule has 1 aromatic rings. The lowest BCUT2D eigenvalue weighted by Gasteiger charge is -2.10. The first-order valence-corrected chi connectivity index (χ1v) is 4.02. The average Bonchev–Trinajstić information content (AvgIpc) is 2.47. The van der Waals surface area contributed by atoms with Crippen LogP contribution in [0.4, 0.5) is 4.79 Å². The van der Waals surface area contributed by atoms with Gasteiger partial charge in [-0.15, -0.1) is 0 Å². The van der Waals surface area contributed by atoms with Crippen molar-refractivity contribution in [2.24, 2.45) is 7.05 Å². The molecule has 0 saturated carbocycles. The molecular weight excluding hydrogens is 168 g/mol. The second kappa shape index (κ2) is 3.93. The monoisotopic (exact) mass is 182 g/mol. The van der Waals surface area contributed by atoms with E-state index in [2.05, 4.69) is 10.4 Å². The molecule has 0 atom stereocenters. The molecule has 0 aromatic carbocycles. The summed E-state index contributed by atoms with van der Waals surface area (Å²) < 4.78 is 1.71. The first-order chi connectivity index (χ1) is 6.09. The van der Waals surface area contributed by atoms with Crippen LogP contribution in [0.1, 0.15) is 5.56 Å². The molecule has 0 radical (unpaired) electrons. The fraction of sp³-hybridized carbons (Fsp3) is 0.500. The van der Waals surface area contributed by atoms with Crippen LogP contribution in [0.25, 0.3) is 0 Å². The second-order valence-electron chi connectivity index (χ2n) is 3.08. The first kappa shape index (κ1) is 9.57. The summed E-state index contributed by atoms with van der Waals surface area (Å²) in [6.45, 7) is 0.519. The minimum absolute atomic E-state index is 0.0937. The van der Waals surface area contributed by atoms with E-state index < -0.39 is 0 Å². The van der Waals surface area contributed by atoms with Crippen LogP contribution >= 0.6 is 0 Å². The highest BCUT2D eigenvalue weighted by molar-refractivity contribution is 5.73. The molecule has 13 heavy (non-hydrogen) atoms. The molecule has 0 unspecified atom stereocenters. The summed E-state index contributed by atoms with van der Waals surface area (Å²) in [5.41, 5.74) is 0.998. The minimum atomic E-state index is -0.0937. The Balaban J connectivity index is 2.39. The van der Waals surface area contributed by atoms with Gasteiger partial charge < -0.3 is 10.2 Å². The Kier molecular flexibility index (Phi) is 2.89. The zero-order valence-corrected chi connectivity index (χ0v) is 8.11. The molecule has 0 fully saturated rings. The maximum absolute atomic E-state index is 11.1. The van der Waals surface area contributed by atoms with Crippen molar-refractivity contribution in [3.8, 4) is 0 Å². The van der Waals surface area contributed by atoms with Crippen LogP contribution in [0.15, 0.2) is 12.4 Å². The summed E-state index contributed by atoms with van der Waals surface area (Å²) in [4.78, 5) is 12.6. The van der Waals surface area contributed by atoms with Gasteiger partial charge in [0.2, 0.25) is 0 Å². The SMILES string of the molecule is CN(C)C(=O)NCc1cnn(C)c1. The van der Waals surface area contributed by atoms with Gasteiger partial charge in [0.1, 0.15) is 0 Å². The molecule has 5 heteroatoms. The van der Waals surface area contributed by atoms with Crippen molar-refractivity contribution >= 4 is 6.03 Å². The molecule has 1 N–H and O–H groups in total. The molecular formula is C8H14N4O. The van der Waals surface area contributed by atoms with E-state index in [4.69, 9.17) is 0 Å². The number of nitrogens with one attached hydrogen (secondary N) is 1. The second-order valence-corrected chi connectivity index (χ2v) is 3.08. The summed E-state index contributed by atoms with van der Waals surface area (Å²) in [5.74, 6) is 0. The molecule has 1 rings (SSSR count). The van der Waals surface area contributed by atoms with E-state index in [9.17, 15) is 4.79 Å². The predicted octanol–water partition coefficient (Wildman–Crippen LogP) is 0.191. The summed E-state index contributed by atoms with van der Waals surface area (Å²) in [5, 5.41) is 6.74. The molecule has 0 aliphatic heterocycles. The van der Waals surface area contributed by atoms with Crippen molar-refractivity contribution in [2.75, 3.05) is 14.1 Å². The zero-order chi connectivity index (χ0) is 9.84. The van der Waals surface area contributed by atoms with Crippen LogP contribution in [0.5, 0.6) is 0 Å². The van der Waals surface area contributed by atoms with Gasteiger partial charge in [0, 0.05) is 39.4 Å². The van der Waals surface area contributed by atoms with E-state index in [-0.39, 0.29) is 6.03 Å². The molecule has 0 bridgehead atoms. The maximum atomic E-state index is 11.1. The van der Waals surface area contributed by atoms with Crippen LogP contribution in [0.2, 0.25) is 0 Å². The molecule has 2 amide bonds. The number of aromatic nitrogens is 2. The third-order valence-corrected chi connectivity index (χ3v) is 1.61. The van der Waals surface area contributed by atoms with E-state index in [1.807, 2.05) is 13.2 Å². The Morgan fingerprint density at radius 1 is 1.69 bits per heavy atom. The third-order valence-electron chi connectivity index (χ3n) is 1.61. The van der Waals surface area contributed by atoms with E-state index >= 15 is 0 Å². The molecule has 1 aromatic heterocycles. The van der Waals surface area contributed by atoms with E-state index in [0.29, 0.717) is 6.54 Å². The van der Waals surface area contributed by atoms with Gasteiger partial charge in [-0.1, -0.05) is 0 Å². The first-order valence-electron chi connectivity index (χ1n) is 4.02. The normalized spacial score (nSPS) is 9.77. The Labute approximate surface area is 77.3 Å². The maximum Gasteiger partial charge on any atom is 0.317 e. The van der Waals surface area contributed by atoms with Crippen molar-refractivity contribution in [3.05, 3.63) is 18.0 Å². The molecule has 0 aliphatic rings. The summed E-state index contributed by atoms with van der Waals surface area (Å²) in [6.07, 6.45) is 3.60. The molecule has 72 valence electrons. The van der Waals surface area contributed by atoms with Crippen molar-refractivity contribution in [3.63, 3.8) is 0 Å². The smallest absolute Gasteiger partial charge is 0.317 e. The van der Waals surface area contributed by atoms with Crippen molar-refractivity contribution in [1.29, 1.82) is 0 Å². The lowest BCUT2D eigenvalue weighted by Crippen LogP contribution is -2.33. The van der Waals surface area contributed by atoms with E-state index in [0.717, 1.165) is 5.56 Å². The number of hydrogen-bond acceptors (Lipinski definition) is 2. The van der Waals surface area contributed by atoms with Gasteiger partial charge in [-0.2, -0.15) is 5.10 Å². The summed E-state index contributed by atoms with van der Waals surface area (Å²) in [7, 11) is 5.26. The highest BCUT2D eigenvalue weighted by Crippen LogP contribution is 1.94. The van der Waals surface area contributed by atoms with Crippen molar-refractivity contribution in [1.82, 2.24) is 20.0 Å². The number of carbonyl (C=O) groups excluding carboxylic acids is 1. The highest BCUT2D eigenvalue weighted by atomic mass is 16.2. The number of amides is 2. The number of aryl methyl sites for hydroxylation is 1. The van der Waals surface area contributed by atoms with Crippen molar-refractivity contribution < 1.29 is 4.79 Å². The number of hydrogen-bond donors (Lipinski definition) is 1. The number of rotatable bonds is 2. The van der Waals surface area contributed by atoms with Gasteiger partial charge in [-0.25, -0.2) is 4.79 Å². The lowest BCUT2D eigenvalue weighted by atomic mass is 10.4. The fourth-order valence-corrected chi connectivity index (χ4v) is 0.899. The molecule has 1 heterocycles.